The van der Waals surface area contributed by atoms with E-state index in [0.29, 0.717) is 9.79 Å². The van der Waals surface area contributed by atoms with Crippen LogP contribution in [0, 0.1) is 3.90 Å². The van der Waals surface area contributed by atoms with E-state index < -0.39 is 0 Å². The van der Waals surface area contributed by atoms with Crippen LogP contribution in [0.2, 0.25) is 0 Å². The Bertz CT molecular complexity index is 554. The van der Waals surface area contributed by atoms with Crippen LogP contribution in [0.1, 0.15) is 0 Å². The van der Waals surface area contributed by atoms with Gasteiger partial charge in [0.05, 0.1) is 4.88 Å². The van der Waals surface area contributed by atoms with Crippen molar-refractivity contribution in [3.05, 3.63) is 21.4 Å². The molecule has 3 aromatic heterocycles. The van der Waals surface area contributed by atoms with Crippen LogP contribution in [0.25, 0.3) is 20.2 Å². The molecular weight excluding hydrogens is 331 g/mol. The smallest absolute Gasteiger partial charge is 0.278 e. The molecule has 3 aromatic rings. The van der Waals surface area contributed by atoms with Gasteiger partial charge in [-0.15, -0.1) is 32.9 Å². The first-order valence-corrected chi connectivity index (χ1v) is 6.57. The number of nitrogens with zero attached hydrogens (tertiary/aromatic N) is 2. The quantitative estimate of drug-likeness (QED) is 0.638. The maximum Gasteiger partial charge on any atom is 0.278 e. The summed E-state index contributed by atoms with van der Waals surface area (Å²) in [6.45, 7) is 0. The summed E-state index contributed by atoms with van der Waals surface area (Å²) in [5.74, 6) is 0.614. The monoisotopic (exact) mass is 334 g/mol. The lowest BCUT2D eigenvalue weighted by Gasteiger charge is -1.82. The second-order valence-electron chi connectivity index (χ2n) is 2.62. The Hall–Kier alpha value is -0.470. The first kappa shape index (κ1) is 8.81. The molecule has 0 aliphatic heterocycles. The normalized spacial score (nSPS) is 11.2. The Morgan fingerprint density at radius 3 is 2.93 bits per heavy atom. The second-order valence-corrected chi connectivity index (χ2v) is 5.57. The highest BCUT2D eigenvalue weighted by Crippen LogP contribution is 2.35. The highest BCUT2D eigenvalue weighted by Gasteiger charge is 2.10. The fourth-order valence-electron chi connectivity index (χ4n) is 1.18. The van der Waals surface area contributed by atoms with E-state index in [4.69, 9.17) is 4.42 Å². The van der Waals surface area contributed by atoms with E-state index in [2.05, 4.69) is 27.7 Å². The third-order valence-electron chi connectivity index (χ3n) is 1.75. The van der Waals surface area contributed by atoms with Crippen LogP contribution in [-0.4, -0.2) is 10.2 Å². The lowest BCUT2D eigenvalue weighted by atomic mass is 10.4. The molecule has 6 heteroatoms. The van der Waals surface area contributed by atoms with E-state index in [1.165, 1.54) is 9.40 Å². The molecule has 0 bridgehead atoms. The van der Waals surface area contributed by atoms with Crippen LogP contribution < -0.4 is 0 Å². The molecule has 0 unspecified atom stereocenters. The minimum Gasteiger partial charge on any atom is -0.411 e. The summed E-state index contributed by atoms with van der Waals surface area (Å²) in [6, 6.07) is 4.20. The van der Waals surface area contributed by atoms with Crippen LogP contribution in [0.15, 0.2) is 21.9 Å². The van der Waals surface area contributed by atoms with Crippen LogP contribution >= 0.6 is 45.3 Å². The van der Waals surface area contributed by atoms with E-state index >= 15 is 0 Å². The van der Waals surface area contributed by atoms with Gasteiger partial charge < -0.3 is 4.42 Å². The van der Waals surface area contributed by atoms with Gasteiger partial charge >= 0.3 is 0 Å². The molecule has 0 aliphatic carbocycles. The zero-order chi connectivity index (χ0) is 9.54. The molecule has 0 amide bonds. The number of rotatable bonds is 1. The molecule has 0 radical (unpaired) electrons. The number of hydrogen-bond donors (Lipinski definition) is 0. The molecule has 3 heterocycles. The molecule has 0 aliphatic rings. The van der Waals surface area contributed by atoms with Gasteiger partial charge in [0.15, 0.2) is 0 Å². The third-order valence-corrected chi connectivity index (χ3v) is 4.27. The van der Waals surface area contributed by atoms with Gasteiger partial charge in [0, 0.05) is 32.0 Å². The lowest BCUT2D eigenvalue weighted by Crippen LogP contribution is -1.70. The fraction of sp³-hybridized carbons (Fsp3) is 0. The summed E-state index contributed by atoms with van der Waals surface area (Å²) in [4.78, 5) is 1.04. The number of halogens is 1. The zero-order valence-corrected chi connectivity index (χ0v) is 10.5. The third kappa shape index (κ3) is 1.37. The van der Waals surface area contributed by atoms with Crippen molar-refractivity contribution in [1.82, 2.24) is 10.2 Å². The molecule has 0 saturated carbocycles. The summed E-state index contributed by atoms with van der Waals surface area (Å²) in [5, 5.41) is 9.87. The molecule has 0 fully saturated rings. The molecule has 3 rings (SSSR count). The van der Waals surface area contributed by atoms with Gasteiger partial charge in [0.2, 0.25) is 0 Å². The van der Waals surface area contributed by atoms with Gasteiger partial charge in [-0.2, -0.15) is 0 Å². The van der Waals surface area contributed by atoms with E-state index in [-0.39, 0.29) is 0 Å². The molecule has 3 nitrogen and oxygen atoms in total. The summed E-state index contributed by atoms with van der Waals surface area (Å²) >= 11 is 5.42. The van der Waals surface area contributed by atoms with Crippen molar-refractivity contribution in [2.75, 3.05) is 0 Å². The number of thiophene rings is 2. The van der Waals surface area contributed by atoms with Crippen LogP contribution in [-0.2, 0) is 0 Å². The van der Waals surface area contributed by atoms with Gasteiger partial charge in [-0.25, -0.2) is 0 Å². The molecule has 14 heavy (non-hydrogen) atoms. The number of hydrogen-bond acceptors (Lipinski definition) is 5. The van der Waals surface area contributed by atoms with Crippen molar-refractivity contribution < 1.29 is 4.42 Å². The predicted octanol–water partition coefficient (Wildman–Crippen LogP) is 3.62. The minimum absolute atomic E-state index is 0.578. The number of fused-ring (bicyclic) bond motifs is 1. The Kier molecular flexibility index (Phi) is 2.06. The number of aromatic nitrogens is 2. The Morgan fingerprint density at radius 1 is 1.29 bits per heavy atom. The average Bonchev–Trinajstić information content (AvgIpc) is 2.75. The van der Waals surface area contributed by atoms with E-state index in [1.54, 1.807) is 22.7 Å². The molecule has 0 saturated heterocycles. The van der Waals surface area contributed by atoms with E-state index in [9.17, 15) is 0 Å². The SMILES string of the molecule is Ic1nnc(-c2cc3sccc3s2)o1. The van der Waals surface area contributed by atoms with Gasteiger partial charge in [0.25, 0.3) is 9.79 Å². The first-order chi connectivity index (χ1) is 6.83. The van der Waals surface area contributed by atoms with Gasteiger partial charge in [-0.05, 0) is 17.5 Å². The molecule has 0 N–H and O–H groups in total. The molecule has 70 valence electrons. The Morgan fingerprint density at radius 2 is 2.21 bits per heavy atom. The largest absolute Gasteiger partial charge is 0.411 e. The zero-order valence-electron chi connectivity index (χ0n) is 6.73. The van der Waals surface area contributed by atoms with E-state index in [1.807, 2.05) is 22.6 Å². The van der Waals surface area contributed by atoms with Gasteiger partial charge in [0.1, 0.15) is 0 Å². The first-order valence-electron chi connectivity index (χ1n) is 3.79. The fourth-order valence-corrected chi connectivity index (χ4v) is 3.52. The standard InChI is InChI=1S/C8H3IN2OS2/c9-8-11-10-7(12-8)6-3-5-4(14-6)1-2-13-5/h1-3H. The van der Waals surface area contributed by atoms with Crippen LogP contribution in [0.4, 0.5) is 0 Å². The maximum absolute atomic E-state index is 5.35. The average molecular weight is 334 g/mol. The minimum atomic E-state index is 0.578. The van der Waals surface area contributed by atoms with Crippen molar-refractivity contribution in [1.29, 1.82) is 0 Å². The molecule has 0 spiro atoms. The highest BCUT2D eigenvalue weighted by atomic mass is 127. The maximum atomic E-state index is 5.35. The molecular formula is C8H3IN2OS2. The molecule has 0 aromatic carbocycles. The highest BCUT2D eigenvalue weighted by molar-refractivity contribution is 14.1. The van der Waals surface area contributed by atoms with Gasteiger partial charge in [-0.1, -0.05) is 0 Å². The van der Waals surface area contributed by atoms with Crippen molar-refractivity contribution >= 4 is 54.7 Å². The predicted molar refractivity (Wildman–Crippen MR) is 65.7 cm³/mol. The molecule has 0 atom stereocenters. The lowest BCUT2D eigenvalue weighted by molar-refractivity contribution is 0.538. The second kappa shape index (κ2) is 3.28. The van der Waals surface area contributed by atoms with Crippen molar-refractivity contribution in [3.8, 4) is 10.8 Å². The summed E-state index contributed by atoms with van der Waals surface area (Å²) in [6.07, 6.45) is 0. The van der Waals surface area contributed by atoms with Crippen molar-refractivity contribution in [2.24, 2.45) is 0 Å². The van der Waals surface area contributed by atoms with Crippen LogP contribution in [0.5, 0.6) is 0 Å². The topological polar surface area (TPSA) is 38.9 Å². The Labute approximate surface area is 101 Å². The summed E-state index contributed by atoms with van der Waals surface area (Å²) < 4.78 is 8.48. The van der Waals surface area contributed by atoms with Crippen molar-refractivity contribution in [3.63, 3.8) is 0 Å². The summed E-state index contributed by atoms with van der Waals surface area (Å²) in [7, 11) is 0. The Balaban J connectivity index is 2.18. The van der Waals surface area contributed by atoms with Gasteiger partial charge in [-0.3, -0.25) is 0 Å². The summed E-state index contributed by atoms with van der Waals surface area (Å²) in [5.41, 5.74) is 0. The van der Waals surface area contributed by atoms with Crippen molar-refractivity contribution in [2.45, 2.75) is 0 Å². The van der Waals surface area contributed by atoms with Crippen LogP contribution in [0.3, 0.4) is 0 Å². The van der Waals surface area contributed by atoms with E-state index in [0.717, 1.165) is 4.88 Å².